The summed E-state index contributed by atoms with van der Waals surface area (Å²) >= 11 is 6.22. The number of ether oxygens (including phenoxy) is 1. The average Bonchev–Trinajstić information content (AvgIpc) is 3.17. The van der Waals surface area contributed by atoms with E-state index in [0.29, 0.717) is 22.4 Å². The Morgan fingerprint density at radius 2 is 2.14 bits per heavy atom. The third kappa shape index (κ3) is 2.20. The van der Waals surface area contributed by atoms with Crippen molar-refractivity contribution in [3.05, 3.63) is 41.2 Å². The van der Waals surface area contributed by atoms with Gasteiger partial charge in [0.15, 0.2) is 11.5 Å². The lowest BCUT2D eigenvalue weighted by molar-refractivity contribution is 0.105. The fourth-order valence-electron chi connectivity index (χ4n) is 2.65. The van der Waals surface area contributed by atoms with Crippen LogP contribution in [0.4, 0.5) is 5.95 Å². The minimum atomic E-state index is -0.0778. The molecular formula is C15H14ClN5O. The van der Waals surface area contributed by atoms with Crippen molar-refractivity contribution in [3.8, 4) is 11.3 Å². The Bertz CT molecular complexity index is 841. The van der Waals surface area contributed by atoms with Gasteiger partial charge in [-0.3, -0.25) is 0 Å². The van der Waals surface area contributed by atoms with Gasteiger partial charge in [-0.05, 0) is 18.9 Å². The number of nitrogens with two attached hydrogens (primary N) is 1. The van der Waals surface area contributed by atoms with Crippen LogP contribution in [0.15, 0.2) is 30.3 Å². The van der Waals surface area contributed by atoms with Crippen molar-refractivity contribution in [3.63, 3.8) is 0 Å². The quantitative estimate of drug-likeness (QED) is 0.786. The number of nitrogens with zero attached hydrogens (tertiary/aromatic N) is 4. The van der Waals surface area contributed by atoms with E-state index in [1.54, 1.807) is 0 Å². The van der Waals surface area contributed by atoms with Crippen LogP contribution >= 0.6 is 11.6 Å². The third-order valence-corrected chi connectivity index (χ3v) is 4.06. The molecular weight excluding hydrogens is 302 g/mol. The van der Waals surface area contributed by atoms with E-state index in [4.69, 9.17) is 22.1 Å². The van der Waals surface area contributed by atoms with Crippen LogP contribution in [-0.4, -0.2) is 26.2 Å². The Morgan fingerprint density at radius 1 is 1.27 bits per heavy atom. The maximum absolute atomic E-state index is 6.22. The molecule has 22 heavy (non-hydrogen) atoms. The maximum Gasteiger partial charge on any atom is 0.225 e. The number of nitrogen functional groups attached to an aromatic ring is 1. The molecule has 0 aliphatic carbocycles. The highest BCUT2D eigenvalue weighted by Gasteiger charge is 2.22. The Labute approximate surface area is 131 Å². The molecule has 1 aromatic carbocycles. The zero-order chi connectivity index (χ0) is 15.1. The van der Waals surface area contributed by atoms with Gasteiger partial charge in [-0.2, -0.15) is 14.6 Å². The van der Waals surface area contributed by atoms with Crippen molar-refractivity contribution < 1.29 is 4.74 Å². The summed E-state index contributed by atoms with van der Waals surface area (Å²) in [7, 11) is 0. The zero-order valence-electron chi connectivity index (χ0n) is 11.7. The van der Waals surface area contributed by atoms with Gasteiger partial charge >= 0.3 is 0 Å². The lowest BCUT2D eigenvalue weighted by atomic mass is 10.1. The number of fused-ring (bicyclic) bond motifs is 1. The molecule has 3 heterocycles. The van der Waals surface area contributed by atoms with E-state index in [1.165, 1.54) is 4.52 Å². The van der Waals surface area contributed by atoms with Crippen LogP contribution in [0.25, 0.3) is 16.9 Å². The molecule has 1 saturated heterocycles. The summed E-state index contributed by atoms with van der Waals surface area (Å²) in [6, 6.07) is 9.39. The zero-order valence-corrected chi connectivity index (χ0v) is 12.5. The smallest absolute Gasteiger partial charge is 0.225 e. The number of rotatable bonds is 2. The van der Waals surface area contributed by atoms with Crippen molar-refractivity contribution in [2.24, 2.45) is 0 Å². The highest BCUT2D eigenvalue weighted by Crippen LogP contribution is 2.29. The number of hydrogen-bond donors (Lipinski definition) is 1. The van der Waals surface area contributed by atoms with E-state index in [-0.39, 0.29) is 6.10 Å². The standard InChI is InChI=1S/C15H14ClN5O/c16-10-5-2-1-4-9(10)11-8-13-18-14(12-6-3-7-22-12)19-15(17)21(13)20-11/h1-2,4-5,8,12H,3,6-7H2,(H2,17,18,19)/t12-/m0/s1. The lowest BCUT2D eigenvalue weighted by Gasteiger charge is -2.08. The van der Waals surface area contributed by atoms with Crippen LogP contribution in [0.1, 0.15) is 24.8 Å². The van der Waals surface area contributed by atoms with Crippen LogP contribution in [0.5, 0.6) is 0 Å². The number of aromatic nitrogens is 4. The normalized spacial score (nSPS) is 18.1. The van der Waals surface area contributed by atoms with Crippen molar-refractivity contribution in [2.45, 2.75) is 18.9 Å². The van der Waals surface area contributed by atoms with Crippen LogP contribution in [0.3, 0.4) is 0 Å². The van der Waals surface area contributed by atoms with Crippen LogP contribution < -0.4 is 5.73 Å². The van der Waals surface area contributed by atoms with E-state index in [1.807, 2.05) is 30.3 Å². The summed E-state index contributed by atoms with van der Waals surface area (Å²) in [6.07, 6.45) is 1.86. The van der Waals surface area contributed by atoms with Gasteiger partial charge in [-0.15, -0.1) is 0 Å². The fourth-order valence-corrected chi connectivity index (χ4v) is 2.88. The van der Waals surface area contributed by atoms with E-state index < -0.39 is 0 Å². The van der Waals surface area contributed by atoms with Crippen LogP contribution in [0, 0.1) is 0 Å². The highest BCUT2D eigenvalue weighted by atomic mass is 35.5. The molecule has 3 aromatic rings. The van der Waals surface area contributed by atoms with Crippen LogP contribution in [-0.2, 0) is 4.74 Å². The van der Waals surface area contributed by atoms with Gasteiger partial charge in [0.25, 0.3) is 0 Å². The lowest BCUT2D eigenvalue weighted by Crippen LogP contribution is -2.10. The molecule has 0 unspecified atom stereocenters. The molecule has 2 aromatic heterocycles. The van der Waals surface area contributed by atoms with Gasteiger partial charge < -0.3 is 10.5 Å². The summed E-state index contributed by atoms with van der Waals surface area (Å²) < 4.78 is 7.15. The van der Waals surface area contributed by atoms with Gasteiger partial charge in [0, 0.05) is 18.2 Å². The molecule has 1 atom stereocenters. The molecule has 1 fully saturated rings. The molecule has 6 nitrogen and oxygen atoms in total. The summed E-state index contributed by atoms with van der Waals surface area (Å²) in [5.74, 6) is 0.918. The molecule has 1 aliphatic heterocycles. The highest BCUT2D eigenvalue weighted by molar-refractivity contribution is 6.33. The second-order valence-electron chi connectivity index (χ2n) is 5.22. The predicted octanol–water partition coefficient (Wildman–Crippen LogP) is 2.88. The molecule has 0 amide bonds. The third-order valence-electron chi connectivity index (χ3n) is 3.73. The summed E-state index contributed by atoms with van der Waals surface area (Å²) in [5, 5.41) is 5.09. The average molecular weight is 316 g/mol. The first-order valence-corrected chi connectivity index (χ1v) is 7.50. The maximum atomic E-state index is 6.22. The number of halogens is 1. The van der Waals surface area contributed by atoms with Crippen LogP contribution in [0.2, 0.25) is 5.02 Å². The van der Waals surface area contributed by atoms with E-state index in [2.05, 4.69) is 15.1 Å². The Balaban J connectivity index is 1.83. The van der Waals surface area contributed by atoms with Gasteiger partial charge in [0.05, 0.1) is 10.7 Å². The van der Waals surface area contributed by atoms with E-state index in [9.17, 15) is 0 Å². The SMILES string of the molecule is Nc1nc([C@@H]2CCCO2)nc2cc(-c3ccccc3Cl)nn12. The molecule has 0 spiro atoms. The largest absolute Gasteiger partial charge is 0.370 e. The summed E-state index contributed by atoms with van der Waals surface area (Å²) in [4.78, 5) is 8.86. The topological polar surface area (TPSA) is 78.3 Å². The molecule has 0 radical (unpaired) electrons. The molecule has 2 N–H and O–H groups in total. The van der Waals surface area contributed by atoms with Gasteiger partial charge in [0.1, 0.15) is 6.10 Å². The Morgan fingerprint density at radius 3 is 2.91 bits per heavy atom. The van der Waals surface area contributed by atoms with Crippen molar-refractivity contribution in [1.29, 1.82) is 0 Å². The monoisotopic (exact) mass is 315 g/mol. The first-order chi connectivity index (χ1) is 10.7. The fraction of sp³-hybridized carbons (Fsp3) is 0.267. The van der Waals surface area contributed by atoms with Gasteiger partial charge in [-0.25, -0.2) is 4.98 Å². The Kier molecular flexibility index (Phi) is 3.20. The summed E-state index contributed by atoms with van der Waals surface area (Å²) in [5.41, 5.74) is 8.22. The van der Waals surface area contributed by atoms with Crippen molar-refractivity contribution >= 4 is 23.2 Å². The number of hydrogen-bond acceptors (Lipinski definition) is 5. The molecule has 7 heteroatoms. The number of anilines is 1. The molecule has 1 aliphatic rings. The van der Waals surface area contributed by atoms with Crippen molar-refractivity contribution in [2.75, 3.05) is 12.3 Å². The molecule has 112 valence electrons. The number of benzene rings is 1. The van der Waals surface area contributed by atoms with Gasteiger partial charge in [-0.1, -0.05) is 29.8 Å². The predicted molar refractivity (Wildman–Crippen MR) is 83.6 cm³/mol. The van der Waals surface area contributed by atoms with Crippen molar-refractivity contribution in [1.82, 2.24) is 19.6 Å². The first kappa shape index (κ1) is 13.5. The second kappa shape index (κ2) is 5.23. The molecule has 0 saturated carbocycles. The minimum Gasteiger partial charge on any atom is -0.370 e. The molecule has 4 rings (SSSR count). The second-order valence-corrected chi connectivity index (χ2v) is 5.63. The summed E-state index contributed by atoms with van der Waals surface area (Å²) in [6.45, 7) is 0.739. The van der Waals surface area contributed by atoms with Gasteiger partial charge in [0.2, 0.25) is 5.95 Å². The first-order valence-electron chi connectivity index (χ1n) is 7.12. The van der Waals surface area contributed by atoms with E-state index >= 15 is 0 Å². The minimum absolute atomic E-state index is 0.0778. The van der Waals surface area contributed by atoms with E-state index in [0.717, 1.165) is 30.7 Å². The Hall–Kier alpha value is -2.18. The molecule has 0 bridgehead atoms.